The molecule has 3 aromatic rings. The SMILES string of the molecule is CCCn1cc(C(O)c2cccc3ncccc23)cn1. The first kappa shape index (κ1) is 12.8. The van der Waals surface area contributed by atoms with Crippen molar-refractivity contribution in [3.8, 4) is 0 Å². The Labute approximate surface area is 117 Å². The first-order chi connectivity index (χ1) is 9.79. The van der Waals surface area contributed by atoms with Gasteiger partial charge in [-0.25, -0.2) is 0 Å². The molecule has 0 amide bonds. The van der Waals surface area contributed by atoms with Crippen LogP contribution in [0.4, 0.5) is 0 Å². The second-order valence-electron chi connectivity index (χ2n) is 4.86. The van der Waals surface area contributed by atoms with E-state index in [0.717, 1.165) is 35.0 Å². The molecule has 102 valence electrons. The number of nitrogens with zero attached hydrogens (tertiary/aromatic N) is 3. The van der Waals surface area contributed by atoms with Gasteiger partial charge in [0, 0.05) is 29.9 Å². The van der Waals surface area contributed by atoms with E-state index in [1.807, 2.05) is 41.2 Å². The van der Waals surface area contributed by atoms with Gasteiger partial charge in [0.05, 0.1) is 11.7 Å². The van der Waals surface area contributed by atoms with Crippen LogP contribution in [0.2, 0.25) is 0 Å². The molecule has 0 aliphatic rings. The molecule has 3 rings (SSSR count). The van der Waals surface area contributed by atoms with Crippen LogP contribution >= 0.6 is 0 Å². The fourth-order valence-electron chi connectivity index (χ4n) is 2.42. The Kier molecular flexibility index (Phi) is 3.48. The molecule has 2 heterocycles. The minimum atomic E-state index is -0.673. The molecule has 0 bridgehead atoms. The standard InChI is InChI=1S/C16H17N3O/c1-2-9-19-11-12(10-18-19)16(20)14-5-3-7-15-13(14)6-4-8-17-15/h3-8,10-11,16,20H,2,9H2,1H3. The molecule has 1 unspecified atom stereocenters. The van der Waals surface area contributed by atoms with Crippen molar-refractivity contribution in [1.29, 1.82) is 0 Å². The average Bonchev–Trinajstić information content (AvgIpc) is 2.95. The van der Waals surface area contributed by atoms with Gasteiger partial charge in [0.2, 0.25) is 0 Å². The van der Waals surface area contributed by atoms with E-state index >= 15 is 0 Å². The van der Waals surface area contributed by atoms with Gasteiger partial charge in [0.25, 0.3) is 0 Å². The van der Waals surface area contributed by atoms with Crippen molar-refractivity contribution in [2.75, 3.05) is 0 Å². The van der Waals surface area contributed by atoms with E-state index < -0.39 is 6.10 Å². The molecule has 0 fully saturated rings. The first-order valence-electron chi connectivity index (χ1n) is 6.83. The van der Waals surface area contributed by atoms with Crippen molar-refractivity contribution in [3.05, 3.63) is 60.0 Å². The molecule has 20 heavy (non-hydrogen) atoms. The highest BCUT2D eigenvalue weighted by atomic mass is 16.3. The second kappa shape index (κ2) is 5.43. The lowest BCUT2D eigenvalue weighted by molar-refractivity contribution is 0.221. The number of pyridine rings is 1. The quantitative estimate of drug-likeness (QED) is 0.790. The summed E-state index contributed by atoms with van der Waals surface area (Å²) >= 11 is 0. The van der Waals surface area contributed by atoms with Crippen molar-refractivity contribution < 1.29 is 5.11 Å². The zero-order chi connectivity index (χ0) is 13.9. The molecule has 0 saturated heterocycles. The predicted octanol–water partition coefficient (Wildman–Crippen LogP) is 2.92. The van der Waals surface area contributed by atoms with Gasteiger partial charge < -0.3 is 5.11 Å². The smallest absolute Gasteiger partial charge is 0.108 e. The fourth-order valence-corrected chi connectivity index (χ4v) is 2.42. The Morgan fingerprint density at radius 3 is 3.00 bits per heavy atom. The molecule has 1 atom stereocenters. The maximum atomic E-state index is 10.6. The number of aliphatic hydroxyl groups is 1. The summed E-state index contributed by atoms with van der Waals surface area (Å²) in [5.74, 6) is 0. The van der Waals surface area contributed by atoms with Crippen LogP contribution in [-0.4, -0.2) is 19.9 Å². The maximum Gasteiger partial charge on any atom is 0.108 e. The second-order valence-corrected chi connectivity index (χ2v) is 4.86. The Morgan fingerprint density at radius 1 is 1.25 bits per heavy atom. The van der Waals surface area contributed by atoms with Gasteiger partial charge in [-0.15, -0.1) is 0 Å². The van der Waals surface area contributed by atoms with Gasteiger partial charge in [-0.3, -0.25) is 9.67 Å². The summed E-state index contributed by atoms with van der Waals surface area (Å²) in [5.41, 5.74) is 2.58. The molecule has 0 spiro atoms. The molecule has 0 saturated carbocycles. The summed E-state index contributed by atoms with van der Waals surface area (Å²) in [5, 5.41) is 15.8. The summed E-state index contributed by atoms with van der Waals surface area (Å²) in [6, 6.07) is 9.68. The summed E-state index contributed by atoms with van der Waals surface area (Å²) in [4.78, 5) is 4.32. The maximum absolute atomic E-state index is 10.6. The molecule has 4 nitrogen and oxygen atoms in total. The van der Waals surface area contributed by atoms with Crippen LogP contribution in [0.15, 0.2) is 48.9 Å². The predicted molar refractivity (Wildman–Crippen MR) is 78.3 cm³/mol. The van der Waals surface area contributed by atoms with Crippen LogP contribution in [0.5, 0.6) is 0 Å². The van der Waals surface area contributed by atoms with Crippen LogP contribution in [0.3, 0.4) is 0 Å². The van der Waals surface area contributed by atoms with Crippen LogP contribution in [0, 0.1) is 0 Å². The highest BCUT2D eigenvalue weighted by molar-refractivity contribution is 5.82. The molecule has 0 radical (unpaired) electrons. The summed E-state index contributed by atoms with van der Waals surface area (Å²) in [6.45, 7) is 2.97. The summed E-state index contributed by atoms with van der Waals surface area (Å²) in [7, 11) is 0. The first-order valence-corrected chi connectivity index (χ1v) is 6.83. The minimum Gasteiger partial charge on any atom is -0.384 e. The zero-order valence-electron chi connectivity index (χ0n) is 11.4. The molecule has 0 aliphatic heterocycles. The number of fused-ring (bicyclic) bond motifs is 1. The number of aromatic nitrogens is 3. The van der Waals surface area contributed by atoms with Gasteiger partial charge in [0.1, 0.15) is 6.10 Å². The Morgan fingerprint density at radius 2 is 2.15 bits per heavy atom. The number of rotatable bonds is 4. The van der Waals surface area contributed by atoms with E-state index in [2.05, 4.69) is 17.0 Å². The van der Waals surface area contributed by atoms with Crippen LogP contribution in [-0.2, 0) is 6.54 Å². The molecular formula is C16H17N3O. The number of benzene rings is 1. The Hall–Kier alpha value is -2.20. The fraction of sp³-hybridized carbons (Fsp3) is 0.250. The zero-order valence-corrected chi connectivity index (χ0v) is 11.4. The number of hydrogen-bond donors (Lipinski definition) is 1. The lowest BCUT2D eigenvalue weighted by Crippen LogP contribution is -2.00. The van der Waals surface area contributed by atoms with Gasteiger partial charge in [-0.1, -0.05) is 25.1 Å². The normalized spacial score (nSPS) is 12.7. The monoisotopic (exact) mass is 267 g/mol. The van der Waals surface area contributed by atoms with E-state index in [9.17, 15) is 5.11 Å². The Balaban J connectivity index is 2.01. The summed E-state index contributed by atoms with van der Waals surface area (Å²) in [6.07, 6.45) is 5.75. The van der Waals surface area contributed by atoms with Crippen molar-refractivity contribution >= 4 is 10.9 Å². The molecule has 4 heteroatoms. The van der Waals surface area contributed by atoms with E-state index in [4.69, 9.17) is 0 Å². The van der Waals surface area contributed by atoms with Crippen molar-refractivity contribution in [2.24, 2.45) is 0 Å². The Bertz CT molecular complexity index is 715. The van der Waals surface area contributed by atoms with Crippen molar-refractivity contribution in [3.63, 3.8) is 0 Å². The third-order valence-electron chi connectivity index (χ3n) is 3.40. The van der Waals surface area contributed by atoms with Gasteiger partial charge in [0.15, 0.2) is 0 Å². The minimum absolute atomic E-state index is 0.673. The highest BCUT2D eigenvalue weighted by Crippen LogP contribution is 2.27. The molecule has 0 aliphatic carbocycles. The van der Waals surface area contributed by atoms with E-state index in [-0.39, 0.29) is 0 Å². The van der Waals surface area contributed by atoms with Crippen molar-refractivity contribution in [1.82, 2.24) is 14.8 Å². The van der Waals surface area contributed by atoms with Gasteiger partial charge in [-0.05, 0) is 24.1 Å². The average molecular weight is 267 g/mol. The molecule has 2 aromatic heterocycles. The lowest BCUT2D eigenvalue weighted by atomic mass is 10.00. The number of aliphatic hydroxyl groups excluding tert-OH is 1. The van der Waals surface area contributed by atoms with E-state index in [0.29, 0.717) is 0 Å². The molecule has 1 aromatic carbocycles. The summed E-state index contributed by atoms with van der Waals surface area (Å²) < 4.78 is 1.86. The van der Waals surface area contributed by atoms with Crippen LogP contribution in [0.1, 0.15) is 30.6 Å². The molecular weight excluding hydrogens is 250 g/mol. The van der Waals surface area contributed by atoms with Crippen LogP contribution < -0.4 is 0 Å². The number of hydrogen-bond acceptors (Lipinski definition) is 3. The largest absolute Gasteiger partial charge is 0.384 e. The third-order valence-corrected chi connectivity index (χ3v) is 3.40. The van der Waals surface area contributed by atoms with Gasteiger partial charge >= 0.3 is 0 Å². The third kappa shape index (κ3) is 2.30. The van der Waals surface area contributed by atoms with Crippen LogP contribution in [0.25, 0.3) is 10.9 Å². The number of aryl methyl sites for hydroxylation is 1. The lowest BCUT2D eigenvalue weighted by Gasteiger charge is -2.11. The van der Waals surface area contributed by atoms with Gasteiger partial charge in [-0.2, -0.15) is 5.10 Å². The van der Waals surface area contributed by atoms with E-state index in [1.165, 1.54) is 0 Å². The van der Waals surface area contributed by atoms with Crippen molar-refractivity contribution in [2.45, 2.75) is 26.0 Å². The molecule has 1 N–H and O–H groups in total. The highest BCUT2D eigenvalue weighted by Gasteiger charge is 2.15. The topological polar surface area (TPSA) is 50.9 Å². The van der Waals surface area contributed by atoms with E-state index in [1.54, 1.807) is 12.4 Å².